The highest BCUT2D eigenvalue weighted by Crippen LogP contribution is 2.21. The Kier molecular flexibility index (Phi) is 4.03. The smallest absolute Gasteiger partial charge is 0.339 e. The third kappa shape index (κ3) is 2.35. The van der Waals surface area contributed by atoms with Gasteiger partial charge < -0.3 is 18.8 Å². The van der Waals surface area contributed by atoms with Crippen molar-refractivity contribution in [1.82, 2.24) is 4.57 Å². The molecule has 1 heterocycles. The Morgan fingerprint density at radius 1 is 1.35 bits per heavy atom. The zero-order valence-corrected chi connectivity index (χ0v) is 9.80. The monoisotopic (exact) mass is 239 g/mol. The van der Waals surface area contributed by atoms with Gasteiger partial charge in [-0.3, -0.25) is 4.79 Å². The molecule has 17 heavy (non-hydrogen) atoms. The Balaban J connectivity index is 3.27. The lowest BCUT2D eigenvalue weighted by atomic mass is 10.0. The summed E-state index contributed by atoms with van der Waals surface area (Å²) >= 11 is 0. The van der Waals surface area contributed by atoms with Crippen molar-refractivity contribution in [3.63, 3.8) is 0 Å². The first-order valence-electron chi connectivity index (χ1n) is 4.83. The molecule has 0 fully saturated rings. The van der Waals surface area contributed by atoms with E-state index < -0.39 is 17.9 Å². The standard InChI is InChI=1S/C11H13NO5/c1-12-5-4-7(10(14)16-2)9(12)8(6-13)11(15)17-3/h4-6,8H,1-3H3. The van der Waals surface area contributed by atoms with Gasteiger partial charge in [0.2, 0.25) is 0 Å². The van der Waals surface area contributed by atoms with Crippen LogP contribution >= 0.6 is 0 Å². The fraction of sp³-hybridized carbons (Fsp3) is 0.364. The van der Waals surface area contributed by atoms with Crippen LogP contribution in [0.5, 0.6) is 0 Å². The molecule has 0 spiro atoms. The van der Waals surface area contributed by atoms with E-state index in [0.717, 1.165) is 0 Å². The first-order valence-corrected chi connectivity index (χ1v) is 4.83. The lowest BCUT2D eigenvalue weighted by molar-refractivity contribution is -0.143. The number of nitrogens with zero attached hydrogens (tertiary/aromatic N) is 1. The van der Waals surface area contributed by atoms with Crippen molar-refractivity contribution < 1.29 is 23.9 Å². The molecule has 1 rings (SSSR count). The number of aldehydes is 1. The molecule has 6 heteroatoms. The van der Waals surface area contributed by atoms with Crippen molar-refractivity contribution >= 4 is 18.2 Å². The summed E-state index contributed by atoms with van der Waals surface area (Å²) in [5, 5.41) is 0. The molecule has 0 radical (unpaired) electrons. The number of methoxy groups -OCH3 is 2. The number of aryl methyl sites for hydroxylation is 1. The highest BCUT2D eigenvalue weighted by atomic mass is 16.5. The topological polar surface area (TPSA) is 74.6 Å². The minimum Gasteiger partial charge on any atom is -0.468 e. The fourth-order valence-corrected chi connectivity index (χ4v) is 1.57. The SMILES string of the molecule is COC(=O)c1ccn(C)c1C(C=O)C(=O)OC. The number of carbonyl (C=O) groups excluding carboxylic acids is 3. The van der Waals surface area contributed by atoms with Crippen LogP contribution in [-0.4, -0.2) is 37.0 Å². The molecule has 0 amide bonds. The summed E-state index contributed by atoms with van der Waals surface area (Å²) in [6, 6.07) is 1.49. The normalized spacial score (nSPS) is 11.7. The summed E-state index contributed by atoms with van der Waals surface area (Å²) < 4.78 is 10.6. The van der Waals surface area contributed by atoms with Gasteiger partial charge in [-0.15, -0.1) is 0 Å². The molecule has 0 saturated carbocycles. The van der Waals surface area contributed by atoms with E-state index in [9.17, 15) is 14.4 Å². The lowest BCUT2D eigenvalue weighted by Gasteiger charge is -2.11. The number of esters is 2. The lowest BCUT2D eigenvalue weighted by Crippen LogP contribution is -2.21. The highest BCUT2D eigenvalue weighted by molar-refractivity contribution is 5.99. The Labute approximate surface area is 98.1 Å². The van der Waals surface area contributed by atoms with Gasteiger partial charge in [0, 0.05) is 13.2 Å². The molecular weight excluding hydrogens is 226 g/mol. The quantitative estimate of drug-likeness (QED) is 0.428. The van der Waals surface area contributed by atoms with Crippen LogP contribution in [0.2, 0.25) is 0 Å². The van der Waals surface area contributed by atoms with Gasteiger partial charge in [-0.2, -0.15) is 0 Å². The average Bonchev–Trinajstić information content (AvgIpc) is 2.71. The zero-order chi connectivity index (χ0) is 13.0. The van der Waals surface area contributed by atoms with Crippen LogP contribution in [0.15, 0.2) is 12.3 Å². The van der Waals surface area contributed by atoms with Gasteiger partial charge in [0.25, 0.3) is 0 Å². The Morgan fingerprint density at radius 2 is 2.00 bits per heavy atom. The number of aromatic nitrogens is 1. The van der Waals surface area contributed by atoms with Gasteiger partial charge in [0.15, 0.2) is 5.92 Å². The molecular formula is C11H13NO5. The van der Waals surface area contributed by atoms with Gasteiger partial charge >= 0.3 is 11.9 Å². The van der Waals surface area contributed by atoms with Gasteiger partial charge in [-0.1, -0.05) is 0 Å². The molecule has 0 aromatic carbocycles. The number of rotatable bonds is 4. The van der Waals surface area contributed by atoms with E-state index in [-0.39, 0.29) is 11.3 Å². The minimum atomic E-state index is -1.13. The molecule has 0 aliphatic heterocycles. The molecule has 1 atom stereocenters. The molecule has 0 N–H and O–H groups in total. The number of hydrogen-bond acceptors (Lipinski definition) is 5. The predicted octanol–water partition coefficient (Wildman–Crippen LogP) is 0.267. The van der Waals surface area contributed by atoms with Crippen molar-refractivity contribution in [2.24, 2.45) is 7.05 Å². The molecule has 0 aliphatic carbocycles. The highest BCUT2D eigenvalue weighted by Gasteiger charge is 2.29. The number of hydrogen-bond donors (Lipinski definition) is 0. The summed E-state index contributed by atoms with van der Waals surface area (Å²) in [7, 11) is 4.04. The van der Waals surface area contributed by atoms with Crippen LogP contribution in [0.3, 0.4) is 0 Å². The van der Waals surface area contributed by atoms with E-state index in [0.29, 0.717) is 6.29 Å². The molecule has 0 saturated heterocycles. The summed E-state index contributed by atoms with van der Waals surface area (Å²) in [6.45, 7) is 0. The third-order valence-corrected chi connectivity index (χ3v) is 2.41. The molecule has 6 nitrogen and oxygen atoms in total. The number of ether oxygens (including phenoxy) is 2. The van der Waals surface area contributed by atoms with E-state index in [1.165, 1.54) is 24.9 Å². The van der Waals surface area contributed by atoms with E-state index in [1.807, 2.05) is 0 Å². The first kappa shape index (κ1) is 13.0. The maximum atomic E-state index is 11.5. The molecule has 1 unspecified atom stereocenters. The number of carbonyl (C=O) groups is 3. The van der Waals surface area contributed by atoms with Crippen molar-refractivity contribution in [2.45, 2.75) is 5.92 Å². The molecule has 92 valence electrons. The maximum absolute atomic E-state index is 11.5. The van der Waals surface area contributed by atoms with Gasteiger partial charge in [0.1, 0.15) is 6.29 Å². The van der Waals surface area contributed by atoms with Crippen LogP contribution < -0.4 is 0 Å². The maximum Gasteiger partial charge on any atom is 0.339 e. The second kappa shape index (κ2) is 5.29. The van der Waals surface area contributed by atoms with Crippen LogP contribution in [0.25, 0.3) is 0 Å². The summed E-state index contributed by atoms with van der Waals surface area (Å²) in [5.41, 5.74) is 0.441. The second-order valence-electron chi connectivity index (χ2n) is 3.35. The van der Waals surface area contributed by atoms with Crippen molar-refractivity contribution in [3.8, 4) is 0 Å². The summed E-state index contributed by atoms with van der Waals surface area (Å²) in [4.78, 5) is 33.9. The first-order chi connectivity index (χ1) is 8.06. The van der Waals surface area contributed by atoms with Gasteiger partial charge in [-0.25, -0.2) is 4.79 Å². The van der Waals surface area contributed by atoms with Crippen LogP contribution in [0.4, 0.5) is 0 Å². The minimum absolute atomic E-state index is 0.178. The third-order valence-electron chi connectivity index (χ3n) is 2.41. The van der Waals surface area contributed by atoms with Crippen LogP contribution in [0.1, 0.15) is 22.0 Å². The summed E-state index contributed by atoms with van der Waals surface area (Å²) in [6.07, 6.45) is 2.01. The van der Waals surface area contributed by atoms with Crippen molar-refractivity contribution in [3.05, 3.63) is 23.5 Å². The Hall–Kier alpha value is -2.11. The summed E-state index contributed by atoms with van der Waals surface area (Å²) in [5.74, 6) is -2.45. The van der Waals surface area contributed by atoms with Gasteiger partial charge in [0.05, 0.1) is 25.5 Å². The molecule has 0 aliphatic rings. The Morgan fingerprint density at radius 3 is 2.47 bits per heavy atom. The van der Waals surface area contributed by atoms with E-state index in [1.54, 1.807) is 13.2 Å². The van der Waals surface area contributed by atoms with Gasteiger partial charge in [-0.05, 0) is 6.07 Å². The zero-order valence-electron chi connectivity index (χ0n) is 9.80. The van der Waals surface area contributed by atoms with Crippen molar-refractivity contribution in [1.29, 1.82) is 0 Å². The fourth-order valence-electron chi connectivity index (χ4n) is 1.57. The largest absolute Gasteiger partial charge is 0.468 e. The molecule has 1 aromatic heterocycles. The molecule has 0 bridgehead atoms. The van der Waals surface area contributed by atoms with Crippen molar-refractivity contribution in [2.75, 3.05) is 14.2 Å². The molecule has 1 aromatic rings. The second-order valence-corrected chi connectivity index (χ2v) is 3.35. The van der Waals surface area contributed by atoms with Crippen LogP contribution in [-0.2, 0) is 26.1 Å². The Bertz CT molecular complexity index is 449. The van der Waals surface area contributed by atoms with E-state index >= 15 is 0 Å². The van der Waals surface area contributed by atoms with E-state index in [2.05, 4.69) is 9.47 Å². The van der Waals surface area contributed by atoms with Crippen LogP contribution in [0, 0.1) is 0 Å². The predicted molar refractivity (Wildman–Crippen MR) is 57.6 cm³/mol. The van der Waals surface area contributed by atoms with E-state index in [4.69, 9.17) is 0 Å². The average molecular weight is 239 g/mol.